The summed E-state index contributed by atoms with van der Waals surface area (Å²) >= 11 is 0. The van der Waals surface area contributed by atoms with Crippen LogP contribution < -0.4 is 10.6 Å². The zero-order valence-electron chi connectivity index (χ0n) is 12.3. The van der Waals surface area contributed by atoms with Crippen LogP contribution in [0.3, 0.4) is 0 Å². The highest BCUT2D eigenvalue weighted by Gasteiger charge is 2.20. The molecule has 0 unspecified atom stereocenters. The first-order chi connectivity index (χ1) is 9.88. The van der Waals surface area contributed by atoms with Crippen LogP contribution in [0.2, 0.25) is 0 Å². The number of likely N-dealkylation sites (N-methyl/N-ethyl adjacent to an activating group) is 1. The summed E-state index contributed by atoms with van der Waals surface area (Å²) in [4.78, 5) is 38.6. The zero-order valence-corrected chi connectivity index (χ0v) is 12.3. The van der Waals surface area contributed by atoms with Crippen LogP contribution in [0.1, 0.15) is 29.5 Å². The number of nitrogens with zero attached hydrogens (tertiary/aromatic N) is 1. The summed E-state index contributed by atoms with van der Waals surface area (Å²) in [7, 11) is 1.49. The minimum atomic E-state index is -1.16. The molecule has 0 fully saturated rings. The van der Waals surface area contributed by atoms with Gasteiger partial charge in [-0.15, -0.1) is 0 Å². The maximum absolute atomic E-state index is 12.2. The molecule has 0 atom stereocenters. The third kappa shape index (κ3) is 4.51. The summed E-state index contributed by atoms with van der Waals surface area (Å²) in [6, 6.07) is 1.02. The lowest BCUT2D eigenvalue weighted by Crippen LogP contribution is -2.42. The fourth-order valence-corrected chi connectivity index (χ4v) is 1.83. The number of anilines is 1. The van der Waals surface area contributed by atoms with Gasteiger partial charge in [-0.3, -0.25) is 4.79 Å². The highest BCUT2D eigenvalue weighted by molar-refractivity contribution is 5.99. The summed E-state index contributed by atoms with van der Waals surface area (Å²) in [5.74, 6) is -1.45. The molecule has 1 heterocycles. The van der Waals surface area contributed by atoms with Crippen molar-refractivity contribution in [3.05, 3.63) is 17.5 Å². The van der Waals surface area contributed by atoms with E-state index >= 15 is 0 Å². The molecule has 8 nitrogen and oxygen atoms in total. The topological polar surface area (TPSA) is 115 Å². The van der Waals surface area contributed by atoms with Crippen LogP contribution in [0.15, 0.2) is 6.07 Å². The first-order valence-corrected chi connectivity index (χ1v) is 6.58. The zero-order chi connectivity index (χ0) is 16.0. The second kappa shape index (κ2) is 7.32. The van der Waals surface area contributed by atoms with Gasteiger partial charge in [-0.1, -0.05) is 6.92 Å². The number of amides is 3. The quantitative estimate of drug-likeness (QED) is 0.627. The lowest BCUT2D eigenvalue weighted by Gasteiger charge is -2.21. The molecule has 4 N–H and O–H groups in total. The molecule has 3 amide bonds. The number of carbonyl (C=O) groups is 3. The van der Waals surface area contributed by atoms with Crippen LogP contribution in [0.5, 0.6) is 0 Å². The molecule has 1 aromatic rings. The van der Waals surface area contributed by atoms with Crippen LogP contribution in [0, 0.1) is 6.92 Å². The number of aromatic nitrogens is 1. The van der Waals surface area contributed by atoms with E-state index in [9.17, 15) is 14.4 Å². The maximum atomic E-state index is 12.2. The van der Waals surface area contributed by atoms with Crippen molar-refractivity contribution >= 4 is 23.6 Å². The smallest absolute Gasteiger partial charge is 0.354 e. The van der Waals surface area contributed by atoms with Crippen molar-refractivity contribution in [1.82, 2.24) is 15.2 Å². The lowest BCUT2D eigenvalue weighted by atomic mass is 10.3. The van der Waals surface area contributed by atoms with Gasteiger partial charge in [0.1, 0.15) is 12.2 Å². The molecule has 8 heteroatoms. The summed E-state index contributed by atoms with van der Waals surface area (Å²) in [6.07, 6.45) is 0.683. The van der Waals surface area contributed by atoms with Gasteiger partial charge in [0.05, 0.1) is 5.69 Å². The Morgan fingerprint density at radius 2 is 2.05 bits per heavy atom. The van der Waals surface area contributed by atoms with Crippen molar-refractivity contribution in [2.45, 2.75) is 20.3 Å². The number of rotatable bonds is 6. The predicted molar refractivity (Wildman–Crippen MR) is 77.4 cm³/mol. The highest BCUT2D eigenvalue weighted by atomic mass is 16.4. The monoisotopic (exact) mass is 296 g/mol. The van der Waals surface area contributed by atoms with E-state index in [1.165, 1.54) is 18.0 Å². The summed E-state index contributed by atoms with van der Waals surface area (Å²) in [5, 5.41) is 14.0. The number of H-pyrrole nitrogens is 1. The van der Waals surface area contributed by atoms with Crippen molar-refractivity contribution < 1.29 is 19.5 Å². The predicted octanol–water partition coefficient (Wildman–Crippen LogP) is 1.01. The molecular formula is C13H20N4O4. The van der Waals surface area contributed by atoms with E-state index < -0.39 is 12.0 Å². The van der Waals surface area contributed by atoms with E-state index in [1.807, 2.05) is 6.92 Å². The van der Waals surface area contributed by atoms with E-state index in [0.717, 1.165) is 0 Å². The van der Waals surface area contributed by atoms with Crippen molar-refractivity contribution in [3.63, 3.8) is 0 Å². The van der Waals surface area contributed by atoms with Gasteiger partial charge in [-0.2, -0.15) is 0 Å². The molecule has 0 spiro atoms. The lowest BCUT2D eigenvalue weighted by molar-refractivity contribution is -0.121. The Morgan fingerprint density at radius 3 is 2.57 bits per heavy atom. The van der Waals surface area contributed by atoms with Gasteiger partial charge >= 0.3 is 12.0 Å². The minimum Gasteiger partial charge on any atom is -0.477 e. The summed E-state index contributed by atoms with van der Waals surface area (Å²) < 4.78 is 0. The average Bonchev–Trinajstić information content (AvgIpc) is 2.79. The van der Waals surface area contributed by atoms with Crippen LogP contribution in [-0.4, -0.2) is 53.0 Å². The molecule has 0 radical (unpaired) electrons. The van der Waals surface area contributed by atoms with E-state index in [0.29, 0.717) is 18.7 Å². The number of hydrogen-bond donors (Lipinski definition) is 4. The Labute approximate surface area is 122 Å². The van der Waals surface area contributed by atoms with Crippen LogP contribution in [0.4, 0.5) is 10.5 Å². The second-order valence-electron chi connectivity index (χ2n) is 4.57. The normalized spacial score (nSPS) is 10.0. The molecule has 0 aliphatic rings. The van der Waals surface area contributed by atoms with E-state index in [1.54, 1.807) is 6.92 Å². The summed E-state index contributed by atoms with van der Waals surface area (Å²) in [5.41, 5.74) is 0.719. The summed E-state index contributed by atoms with van der Waals surface area (Å²) in [6.45, 7) is 3.89. The minimum absolute atomic E-state index is 0.0814. The number of hydrogen-bond acceptors (Lipinski definition) is 3. The highest BCUT2D eigenvalue weighted by Crippen LogP contribution is 2.17. The molecule has 116 valence electrons. The Morgan fingerprint density at radius 1 is 1.38 bits per heavy atom. The molecule has 0 saturated carbocycles. The maximum Gasteiger partial charge on any atom is 0.354 e. The van der Waals surface area contributed by atoms with Crippen molar-refractivity contribution in [3.8, 4) is 0 Å². The first-order valence-electron chi connectivity index (χ1n) is 6.58. The number of urea groups is 1. The number of carboxylic acid groups (broad SMARTS) is 1. The third-order valence-electron chi connectivity index (χ3n) is 2.80. The fraction of sp³-hybridized carbons (Fsp3) is 0.462. The van der Waals surface area contributed by atoms with E-state index in [4.69, 9.17) is 5.11 Å². The number of carbonyl (C=O) groups excluding carboxylic acids is 2. The fourth-order valence-electron chi connectivity index (χ4n) is 1.83. The van der Waals surface area contributed by atoms with E-state index in [-0.39, 0.29) is 23.8 Å². The SMILES string of the molecule is CCCN(CC(=O)NC)C(=O)Nc1cc(C)[nH]c1C(=O)O. The van der Waals surface area contributed by atoms with Gasteiger partial charge in [-0.25, -0.2) is 9.59 Å². The van der Waals surface area contributed by atoms with Gasteiger partial charge in [-0.05, 0) is 19.4 Å². The van der Waals surface area contributed by atoms with Crippen molar-refractivity contribution in [2.24, 2.45) is 0 Å². The number of aromatic carboxylic acids is 1. The van der Waals surface area contributed by atoms with Gasteiger partial charge < -0.3 is 25.6 Å². The first kappa shape index (κ1) is 16.5. The second-order valence-corrected chi connectivity index (χ2v) is 4.57. The number of aromatic amines is 1. The Kier molecular flexibility index (Phi) is 5.77. The van der Waals surface area contributed by atoms with Crippen molar-refractivity contribution in [1.29, 1.82) is 0 Å². The molecule has 0 bridgehead atoms. The molecule has 0 aliphatic heterocycles. The Hall–Kier alpha value is -2.51. The van der Waals surface area contributed by atoms with Crippen LogP contribution in [0.25, 0.3) is 0 Å². The number of carboxylic acids is 1. The third-order valence-corrected chi connectivity index (χ3v) is 2.80. The van der Waals surface area contributed by atoms with Gasteiger partial charge in [0.2, 0.25) is 5.91 Å². The molecular weight excluding hydrogens is 276 g/mol. The average molecular weight is 296 g/mol. The number of aryl methyl sites for hydroxylation is 1. The molecule has 1 aromatic heterocycles. The molecule has 0 saturated heterocycles. The van der Waals surface area contributed by atoms with Gasteiger partial charge in [0, 0.05) is 19.3 Å². The largest absolute Gasteiger partial charge is 0.477 e. The molecule has 0 aromatic carbocycles. The Bertz CT molecular complexity index is 538. The van der Waals surface area contributed by atoms with E-state index in [2.05, 4.69) is 15.6 Å². The Balaban J connectivity index is 2.86. The number of nitrogens with one attached hydrogen (secondary N) is 3. The van der Waals surface area contributed by atoms with Gasteiger partial charge in [0.15, 0.2) is 0 Å². The van der Waals surface area contributed by atoms with Crippen LogP contribution >= 0.6 is 0 Å². The van der Waals surface area contributed by atoms with Crippen molar-refractivity contribution in [2.75, 3.05) is 25.5 Å². The molecule has 0 aliphatic carbocycles. The molecule has 21 heavy (non-hydrogen) atoms. The van der Waals surface area contributed by atoms with Crippen LogP contribution in [-0.2, 0) is 4.79 Å². The molecule has 1 rings (SSSR count). The van der Waals surface area contributed by atoms with Gasteiger partial charge in [0.25, 0.3) is 0 Å². The standard InChI is InChI=1S/C13H20N4O4/c1-4-5-17(7-10(18)14-3)13(21)16-9-6-8(2)15-11(9)12(19)20/h6,15H,4-5,7H2,1-3H3,(H,14,18)(H,16,21)(H,19,20).